The van der Waals surface area contributed by atoms with Gasteiger partial charge in [0.1, 0.15) is 10.9 Å². The minimum Gasteiger partial charge on any atom is -0.455 e. The van der Waals surface area contributed by atoms with Crippen molar-refractivity contribution in [3.8, 4) is 11.5 Å². The third-order valence-corrected chi connectivity index (χ3v) is 5.69. The largest absolute Gasteiger partial charge is 0.455 e. The molecule has 0 bridgehead atoms. The number of halogens is 1. The van der Waals surface area contributed by atoms with E-state index in [2.05, 4.69) is 9.88 Å². The number of carbonyl (C=O) groups excluding carboxylic acids is 1. The normalized spacial score (nSPS) is 19.1. The number of hydrogen-bond donors (Lipinski definition) is 2. The zero-order valence-corrected chi connectivity index (χ0v) is 17.7. The van der Waals surface area contributed by atoms with Crippen molar-refractivity contribution in [1.29, 1.82) is 0 Å². The highest BCUT2D eigenvalue weighted by atomic mass is 35.5. The Bertz CT molecular complexity index is 937. The van der Waals surface area contributed by atoms with Crippen LogP contribution in [0, 0.1) is 0 Å². The first-order chi connectivity index (χ1) is 14.5. The molecular formula is C21H26ClN5O3. The number of nitrogens with two attached hydrogens (primary N) is 1. The van der Waals surface area contributed by atoms with Crippen molar-refractivity contribution in [3.05, 3.63) is 35.2 Å². The van der Waals surface area contributed by atoms with Gasteiger partial charge in [-0.05, 0) is 25.8 Å². The van der Waals surface area contributed by atoms with E-state index >= 15 is 0 Å². The van der Waals surface area contributed by atoms with E-state index < -0.39 is 0 Å². The standard InChI is InChI=1S/C21H26ClN5O3/c1-13-12-26(7-8-27(13)19(29)5-9-28)21-16(23)11-17(20(25-21)14-2-3-14)30-15-4-6-24-18(22)10-15/h4,6,10-11,13-14,28H,2-3,5,7-9,12,23H2,1H3/t13-/m1/s1. The summed E-state index contributed by atoms with van der Waals surface area (Å²) < 4.78 is 6.05. The molecule has 1 aliphatic carbocycles. The lowest BCUT2D eigenvalue weighted by Crippen LogP contribution is -2.54. The van der Waals surface area contributed by atoms with E-state index in [9.17, 15) is 4.79 Å². The molecule has 3 N–H and O–H groups in total. The molecule has 0 unspecified atom stereocenters. The number of hydrogen-bond acceptors (Lipinski definition) is 7. The smallest absolute Gasteiger partial charge is 0.225 e. The van der Waals surface area contributed by atoms with Gasteiger partial charge in [0.2, 0.25) is 5.91 Å². The molecule has 0 radical (unpaired) electrons. The zero-order chi connectivity index (χ0) is 21.3. The summed E-state index contributed by atoms with van der Waals surface area (Å²) in [4.78, 5) is 25.0. The van der Waals surface area contributed by atoms with Crippen LogP contribution in [0.3, 0.4) is 0 Å². The molecule has 0 aromatic carbocycles. The van der Waals surface area contributed by atoms with Crippen LogP contribution in [0.2, 0.25) is 5.15 Å². The summed E-state index contributed by atoms with van der Waals surface area (Å²) in [6.45, 7) is 3.73. The number of rotatable bonds is 6. The van der Waals surface area contributed by atoms with Crippen LogP contribution < -0.4 is 15.4 Å². The second-order valence-electron chi connectivity index (χ2n) is 7.83. The van der Waals surface area contributed by atoms with E-state index in [1.165, 1.54) is 0 Å². The second-order valence-corrected chi connectivity index (χ2v) is 8.22. The van der Waals surface area contributed by atoms with Gasteiger partial charge in [0.15, 0.2) is 11.6 Å². The number of anilines is 2. The molecule has 1 aliphatic heterocycles. The van der Waals surface area contributed by atoms with Gasteiger partial charge in [-0.15, -0.1) is 0 Å². The van der Waals surface area contributed by atoms with E-state index in [0.29, 0.717) is 47.9 Å². The summed E-state index contributed by atoms with van der Waals surface area (Å²) in [7, 11) is 0. The van der Waals surface area contributed by atoms with Crippen LogP contribution in [0.15, 0.2) is 24.4 Å². The number of nitrogens with zero attached hydrogens (tertiary/aromatic N) is 4. The van der Waals surface area contributed by atoms with Gasteiger partial charge in [0.05, 0.1) is 18.0 Å². The highest BCUT2D eigenvalue weighted by molar-refractivity contribution is 6.29. The van der Waals surface area contributed by atoms with Crippen LogP contribution in [0.1, 0.15) is 37.8 Å². The van der Waals surface area contributed by atoms with Gasteiger partial charge in [-0.1, -0.05) is 11.6 Å². The van der Waals surface area contributed by atoms with Gasteiger partial charge in [-0.2, -0.15) is 0 Å². The van der Waals surface area contributed by atoms with Crippen molar-refractivity contribution >= 4 is 29.0 Å². The van der Waals surface area contributed by atoms with Crippen molar-refractivity contribution in [1.82, 2.24) is 14.9 Å². The summed E-state index contributed by atoms with van der Waals surface area (Å²) in [6, 6.07) is 5.25. The fraction of sp³-hybridized carbons (Fsp3) is 0.476. The molecule has 1 amide bonds. The summed E-state index contributed by atoms with van der Waals surface area (Å²) in [5, 5.41) is 9.41. The highest BCUT2D eigenvalue weighted by Crippen LogP contribution is 2.46. The molecular weight excluding hydrogens is 406 g/mol. The molecule has 2 fully saturated rings. The zero-order valence-electron chi connectivity index (χ0n) is 16.9. The number of amides is 1. The lowest BCUT2D eigenvalue weighted by Gasteiger charge is -2.41. The van der Waals surface area contributed by atoms with Crippen LogP contribution in [0.4, 0.5) is 11.5 Å². The molecule has 0 spiro atoms. The summed E-state index contributed by atoms with van der Waals surface area (Å²) >= 11 is 5.97. The lowest BCUT2D eigenvalue weighted by atomic mass is 10.1. The van der Waals surface area contributed by atoms with Crippen LogP contribution >= 0.6 is 11.6 Å². The monoisotopic (exact) mass is 431 g/mol. The first-order valence-corrected chi connectivity index (χ1v) is 10.6. The fourth-order valence-electron chi connectivity index (χ4n) is 3.83. The average molecular weight is 432 g/mol. The minimum atomic E-state index is -0.130. The Balaban J connectivity index is 1.56. The van der Waals surface area contributed by atoms with Gasteiger partial charge < -0.3 is 25.4 Å². The molecule has 9 heteroatoms. The summed E-state index contributed by atoms with van der Waals surface area (Å²) in [5.41, 5.74) is 7.82. The minimum absolute atomic E-state index is 0.0123. The number of aliphatic hydroxyl groups is 1. The molecule has 2 aliphatic rings. The number of nitrogen functional groups attached to an aromatic ring is 1. The third-order valence-electron chi connectivity index (χ3n) is 5.49. The van der Waals surface area contributed by atoms with Gasteiger partial charge in [0, 0.05) is 56.3 Å². The maximum atomic E-state index is 12.2. The van der Waals surface area contributed by atoms with Crippen molar-refractivity contribution in [2.75, 3.05) is 36.9 Å². The molecule has 30 heavy (non-hydrogen) atoms. The highest BCUT2D eigenvalue weighted by Gasteiger charge is 2.33. The first kappa shape index (κ1) is 20.7. The predicted octanol–water partition coefficient (Wildman–Crippen LogP) is 2.80. The van der Waals surface area contributed by atoms with Crippen LogP contribution in [0.5, 0.6) is 11.5 Å². The fourth-order valence-corrected chi connectivity index (χ4v) is 4.00. The van der Waals surface area contributed by atoms with Gasteiger partial charge >= 0.3 is 0 Å². The van der Waals surface area contributed by atoms with Crippen LogP contribution in [-0.2, 0) is 4.79 Å². The van der Waals surface area contributed by atoms with E-state index in [1.54, 1.807) is 18.3 Å². The van der Waals surface area contributed by atoms with Crippen LogP contribution in [-0.4, -0.2) is 58.2 Å². The Kier molecular flexibility index (Phi) is 5.97. The third kappa shape index (κ3) is 4.44. The Labute approximate surface area is 180 Å². The van der Waals surface area contributed by atoms with Crippen molar-refractivity contribution in [3.63, 3.8) is 0 Å². The molecule has 1 saturated carbocycles. The van der Waals surface area contributed by atoms with E-state index in [0.717, 1.165) is 24.4 Å². The Hall–Kier alpha value is -2.58. The molecule has 2 aromatic heterocycles. The lowest BCUT2D eigenvalue weighted by molar-refractivity contribution is -0.134. The topological polar surface area (TPSA) is 105 Å². The number of aromatic nitrogens is 2. The maximum Gasteiger partial charge on any atom is 0.225 e. The average Bonchev–Trinajstić information content (AvgIpc) is 3.53. The number of carbonyl (C=O) groups is 1. The Morgan fingerprint density at radius 1 is 1.37 bits per heavy atom. The number of pyridine rings is 2. The SMILES string of the molecule is C[C@@H]1CN(c2nc(C3CC3)c(Oc3ccnc(Cl)c3)cc2N)CCN1C(=O)CCO. The van der Waals surface area contributed by atoms with Crippen molar-refractivity contribution in [2.24, 2.45) is 0 Å². The molecule has 160 valence electrons. The van der Waals surface area contributed by atoms with Crippen LogP contribution in [0.25, 0.3) is 0 Å². The maximum absolute atomic E-state index is 12.2. The molecule has 2 aromatic rings. The number of ether oxygens (including phenoxy) is 1. The Morgan fingerprint density at radius 2 is 2.17 bits per heavy atom. The Morgan fingerprint density at radius 3 is 2.83 bits per heavy atom. The van der Waals surface area contributed by atoms with Gasteiger partial charge in [-0.3, -0.25) is 4.79 Å². The number of aliphatic hydroxyl groups excluding tert-OH is 1. The van der Waals surface area contributed by atoms with Crippen molar-refractivity contribution in [2.45, 2.75) is 38.1 Å². The number of piperazine rings is 1. The van der Waals surface area contributed by atoms with Gasteiger partial charge in [-0.25, -0.2) is 9.97 Å². The predicted molar refractivity (Wildman–Crippen MR) is 115 cm³/mol. The van der Waals surface area contributed by atoms with E-state index in [4.69, 9.17) is 32.2 Å². The van der Waals surface area contributed by atoms with E-state index in [-0.39, 0.29) is 25.0 Å². The molecule has 8 nitrogen and oxygen atoms in total. The summed E-state index contributed by atoms with van der Waals surface area (Å²) in [6.07, 6.45) is 3.90. The molecule has 1 atom stereocenters. The van der Waals surface area contributed by atoms with Gasteiger partial charge in [0.25, 0.3) is 0 Å². The quantitative estimate of drug-likeness (QED) is 0.677. The molecule has 4 rings (SSSR count). The molecule has 1 saturated heterocycles. The van der Waals surface area contributed by atoms with E-state index in [1.807, 2.05) is 17.9 Å². The first-order valence-electron chi connectivity index (χ1n) is 10.2. The second kappa shape index (κ2) is 8.65. The van der Waals surface area contributed by atoms with Crippen molar-refractivity contribution < 1.29 is 14.6 Å². The molecule has 3 heterocycles. The summed E-state index contributed by atoms with van der Waals surface area (Å²) in [5.74, 6) is 2.31.